The van der Waals surface area contributed by atoms with Gasteiger partial charge in [-0.3, -0.25) is 4.79 Å². The van der Waals surface area contributed by atoms with Crippen LogP contribution >= 0.6 is 0 Å². The third-order valence-electron chi connectivity index (χ3n) is 7.21. The number of rotatable bonds is 5. The molecule has 2 heterocycles. The number of allylic oxidation sites excluding steroid dienone is 1. The molecule has 7 nitrogen and oxygen atoms in total. The van der Waals surface area contributed by atoms with Crippen LogP contribution in [0.5, 0.6) is 0 Å². The lowest BCUT2D eigenvalue weighted by Crippen LogP contribution is -2.63. The number of ether oxygens (including phenoxy) is 2. The number of hydrogen-bond donors (Lipinski definition) is 0. The van der Waals surface area contributed by atoms with Crippen LogP contribution in [0, 0.1) is 11.8 Å². The van der Waals surface area contributed by atoms with E-state index >= 15 is 0 Å². The second-order valence-corrected chi connectivity index (χ2v) is 14.6. The van der Waals surface area contributed by atoms with Crippen molar-refractivity contribution in [2.75, 3.05) is 20.8 Å². The molecule has 0 aromatic carbocycles. The highest BCUT2D eigenvalue weighted by molar-refractivity contribution is 6.74. The molecule has 0 radical (unpaired) electrons. The Labute approximate surface area is 179 Å². The molecule has 1 aliphatic carbocycles. The maximum absolute atomic E-state index is 13.0. The van der Waals surface area contributed by atoms with Gasteiger partial charge in [0.2, 0.25) is 5.91 Å². The average Bonchev–Trinajstić information content (AvgIpc) is 2.99. The highest BCUT2D eigenvalue weighted by Gasteiger charge is 2.60. The van der Waals surface area contributed by atoms with E-state index in [4.69, 9.17) is 13.9 Å². The molecule has 0 spiro atoms. The van der Waals surface area contributed by atoms with Crippen molar-refractivity contribution < 1.29 is 28.3 Å². The normalized spacial score (nSPS) is 27.1. The summed E-state index contributed by atoms with van der Waals surface area (Å²) in [6.45, 7) is 13.3. The molecule has 1 amide bonds. The summed E-state index contributed by atoms with van der Waals surface area (Å²) in [5, 5.41) is 0.0479. The summed E-state index contributed by atoms with van der Waals surface area (Å²) in [4.78, 5) is 39.6. The van der Waals surface area contributed by atoms with E-state index in [9.17, 15) is 14.4 Å². The summed E-state index contributed by atoms with van der Waals surface area (Å²) in [6, 6.07) is -0.0962. The first kappa shape index (κ1) is 22.7. The minimum absolute atomic E-state index is 0.0466. The molecule has 3 rings (SSSR count). The Balaban J connectivity index is 1.88. The number of carbonyl (C=O) groups is 3. The fourth-order valence-electron chi connectivity index (χ4n) is 4.60. The Morgan fingerprint density at radius 3 is 2.30 bits per heavy atom. The van der Waals surface area contributed by atoms with Gasteiger partial charge in [-0.15, -0.1) is 0 Å². The summed E-state index contributed by atoms with van der Waals surface area (Å²) in [6.07, 6.45) is 2.06. The first-order valence-corrected chi connectivity index (χ1v) is 13.3. The number of carbonyl (C=O) groups excluding carboxylic acids is 3. The van der Waals surface area contributed by atoms with Crippen molar-refractivity contribution in [3.05, 3.63) is 22.8 Å². The van der Waals surface area contributed by atoms with Gasteiger partial charge >= 0.3 is 11.9 Å². The second kappa shape index (κ2) is 7.64. The fourth-order valence-corrected chi connectivity index (χ4v) is 6.03. The molecule has 8 heteroatoms. The van der Waals surface area contributed by atoms with E-state index in [1.807, 2.05) is 13.0 Å². The van der Waals surface area contributed by atoms with Crippen LogP contribution in [0.1, 0.15) is 34.1 Å². The zero-order chi connectivity index (χ0) is 22.6. The summed E-state index contributed by atoms with van der Waals surface area (Å²) < 4.78 is 16.4. The summed E-state index contributed by atoms with van der Waals surface area (Å²) in [5.74, 6) is -1.63. The van der Waals surface area contributed by atoms with Gasteiger partial charge in [-0.25, -0.2) is 9.59 Å². The summed E-state index contributed by atoms with van der Waals surface area (Å²) in [7, 11) is 0.564. The Kier molecular flexibility index (Phi) is 5.79. The van der Waals surface area contributed by atoms with Crippen molar-refractivity contribution in [1.29, 1.82) is 0 Å². The highest BCUT2D eigenvalue weighted by Crippen LogP contribution is 2.50. The van der Waals surface area contributed by atoms with E-state index in [0.717, 1.165) is 5.57 Å². The number of β-lactam (4-membered cyclic amide) rings is 1. The maximum atomic E-state index is 13.0. The molecule has 2 aliphatic heterocycles. The van der Waals surface area contributed by atoms with Crippen molar-refractivity contribution in [3.8, 4) is 0 Å². The first-order valence-electron chi connectivity index (χ1n) is 10.4. The summed E-state index contributed by atoms with van der Waals surface area (Å²) >= 11 is 0. The van der Waals surface area contributed by atoms with E-state index in [2.05, 4.69) is 33.9 Å². The highest BCUT2D eigenvalue weighted by atomic mass is 28.4. The SMILES string of the molecule is COC(=O)C1=C(C(=O)OC)[C@@H]2CN3C(=O)[C@H]([C@@H](C)O[Si](C)(C)C(C)(C)C)[C@H]3C2=CC1. The average molecular weight is 436 g/mol. The third-order valence-corrected chi connectivity index (χ3v) is 11.8. The van der Waals surface area contributed by atoms with Gasteiger partial charge in [0.05, 0.1) is 43.4 Å². The van der Waals surface area contributed by atoms with Gasteiger partial charge in [-0.1, -0.05) is 26.8 Å². The largest absolute Gasteiger partial charge is 0.466 e. The van der Waals surface area contributed by atoms with Gasteiger partial charge in [0.15, 0.2) is 8.32 Å². The molecule has 0 aromatic rings. The van der Waals surface area contributed by atoms with Crippen LogP contribution in [-0.4, -0.2) is 64.0 Å². The zero-order valence-corrected chi connectivity index (χ0v) is 20.2. The molecule has 2 saturated heterocycles. The van der Waals surface area contributed by atoms with Crippen LogP contribution in [0.15, 0.2) is 22.8 Å². The van der Waals surface area contributed by atoms with Crippen molar-refractivity contribution in [2.24, 2.45) is 11.8 Å². The van der Waals surface area contributed by atoms with Crippen molar-refractivity contribution in [1.82, 2.24) is 4.90 Å². The molecular weight excluding hydrogens is 402 g/mol. The number of hydrogen-bond acceptors (Lipinski definition) is 6. The lowest BCUT2D eigenvalue weighted by molar-refractivity contribution is -0.157. The molecule has 0 unspecified atom stereocenters. The number of amides is 1. The van der Waals surface area contributed by atoms with E-state index in [1.54, 1.807) is 4.90 Å². The lowest BCUT2D eigenvalue weighted by atomic mass is 9.75. The minimum atomic E-state index is -2.03. The van der Waals surface area contributed by atoms with Gasteiger partial charge < -0.3 is 18.8 Å². The van der Waals surface area contributed by atoms with Gasteiger partial charge in [0.1, 0.15) is 0 Å². The quantitative estimate of drug-likeness (QED) is 0.286. The van der Waals surface area contributed by atoms with E-state index in [1.165, 1.54) is 14.2 Å². The molecule has 30 heavy (non-hydrogen) atoms. The minimum Gasteiger partial charge on any atom is -0.466 e. The number of esters is 2. The molecule has 3 aliphatic rings. The second-order valence-electron chi connectivity index (χ2n) is 9.88. The monoisotopic (exact) mass is 435 g/mol. The molecule has 0 N–H and O–H groups in total. The van der Waals surface area contributed by atoms with E-state index in [0.29, 0.717) is 24.1 Å². The Morgan fingerprint density at radius 1 is 1.17 bits per heavy atom. The topological polar surface area (TPSA) is 82.1 Å². The molecule has 0 saturated carbocycles. The van der Waals surface area contributed by atoms with Crippen LogP contribution < -0.4 is 0 Å². The van der Waals surface area contributed by atoms with Gasteiger partial charge in [0, 0.05) is 12.5 Å². The molecule has 0 bridgehead atoms. The number of fused-ring (bicyclic) bond motifs is 3. The molecule has 4 atom stereocenters. The number of nitrogens with zero attached hydrogens (tertiary/aromatic N) is 1. The lowest BCUT2D eigenvalue weighted by Gasteiger charge is -2.48. The van der Waals surface area contributed by atoms with E-state index in [-0.39, 0.29) is 34.9 Å². The molecular formula is C22H33NO6Si. The Bertz CT molecular complexity index is 837. The maximum Gasteiger partial charge on any atom is 0.334 e. The standard InChI is InChI=1S/C22H33NO6Si/c1-12(29-30(7,8)22(2,3)4)16-18-13-9-10-14(20(25)27-5)17(21(26)28-6)15(13)11-23(18)19(16)24/h9,12,15-16,18H,10-11H2,1-8H3/t12-,15-,16-,18-/m1/s1. The van der Waals surface area contributed by atoms with Crippen LogP contribution in [0.3, 0.4) is 0 Å². The Hall–Kier alpha value is -1.93. The zero-order valence-electron chi connectivity index (χ0n) is 19.2. The molecule has 166 valence electrons. The Morgan fingerprint density at radius 2 is 1.77 bits per heavy atom. The van der Waals surface area contributed by atoms with Gasteiger partial charge in [-0.05, 0) is 37.0 Å². The molecule has 0 aromatic heterocycles. The molecule has 2 fully saturated rings. The van der Waals surface area contributed by atoms with Crippen LogP contribution in [0.2, 0.25) is 18.1 Å². The fraction of sp³-hybridized carbons (Fsp3) is 0.682. The van der Waals surface area contributed by atoms with Crippen LogP contribution in [0.4, 0.5) is 0 Å². The van der Waals surface area contributed by atoms with Crippen molar-refractivity contribution in [3.63, 3.8) is 0 Å². The van der Waals surface area contributed by atoms with Crippen LogP contribution in [0.25, 0.3) is 0 Å². The number of methoxy groups -OCH3 is 2. The predicted molar refractivity (Wildman–Crippen MR) is 114 cm³/mol. The van der Waals surface area contributed by atoms with Crippen molar-refractivity contribution >= 4 is 26.2 Å². The van der Waals surface area contributed by atoms with Gasteiger partial charge in [0.25, 0.3) is 0 Å². The van der Waals surface area contributed by atoms with Gasteiger partial charge in [-0.2, -0.15) is 0 Å². The first-order chi connectivity index (χ1) is 13.9. The van der Waals surface area contributed by atoms with Crippen molar-refractivity contribution in [2.45, 2.75) is 64.4 Å². The third kappa shape index (κ3) is 3.43. The summed E-state index contributed by atoms with van der Waals surface area (Å²) in [5.41, 5.74) is 1.65. The predicted octanol–water partition coefficient (Wildman–Crippen LogP) is 2.83. The smallest absolute Gasteiger partial charge is 0.334 e. The van der Waals surface area contributed by atoms with E-state index < -0.39 is 20.3 Å². The van der Waals surface area contributed by atoms with Crippen LogP contribution in [-0.2, 0) is 28.3 Å².